The quantitative estimate of drug-likeness (QED) is 0.0931. The maximum absolute atomic E-state index is 11.2. The molecule has 1 heterocycles. The van der Waals surface area contributed by atoms with Crippen molar-refractivity contribution in [3.63, 3.8) is 0 Å². The molecule has 0 radical (unpaired) electrons. The smallest absolute Gasteiger partial charge is 0.330 e. The molecule has 0 bridgehead atoms. The first-order chi connectivity index (χ1) is 33.0. The van der Waals surface area contributed by atoms with E-state index in [0.717, 1.165) is 19.0 Å². The maximum Gasteiger partial charge on any atom is 0.330 e. The van der Waals surface area contributed by atoms with E-state index in [1.54, 1.807) is 86.0 Å². The van der Waals surface area contributed by atoms with Crippen LogP contribution >= 0.6 is 66.5 Å². The van der Waals surface area contributed by atoms with Gasteiger partial charge in [0.2, 0.25) is 14.7 Å². The molecular formula is C46H119O20P9. The van der Waals surface area contributed by atoms with Crippen molar-refractivity contribution in [2.24, 2.45) is 0 Å². The number of aliphatic hydroxyl groups is 1. The van der Waals surface area contributed by atoms with Crippen LogP contribution in [0.5, 0.6) is 0 Å². The standard InChI is InChI=1S/C6H15O2P.C6H13O2P.C5H11O3P.2C5H13O3P.C5H13O2P.2C4H11O2P.C4H11OP.2CH4/c2*1-4-6-9(3,7)8-5-2;1-2-9(6)7-4-3-5-8-9;1-4-7-9(3,6)8-5-2;1-4-8-9(3,7)5(2)6;1-4-7-8(3,6)5-2;1-4-6-7(2,3)5;1-4-7(3,5)6-2;1-4-6(2,3)5;;/h4-6H2,1-3H3;4,6H,5H2,1-3H3;2-5H2,1H3;4-5H2,1-3H3;5-6H,4H2,1-3H3;4-5H2,1-3H3;2*4H2,1-3H3;4H2,1-3H3;2*1H4/b;6-4+;;;;;;;;;. The molecule has 1 rings (SSSR count). The Morgan fingerprint density at radius 1 is 0.533 bits per heavy atom. The van der Waals surface area contributed by atoms with Gasteiger partial charge in [-0.25, -0.2) is 0 Å². The van der Waals surface area contributed by atoms with Crippen LogP contribution in [0.3, 0.4) is 0 Å². The van der Waals surface area contributed by atoms with Gasteiger partial charge in [-0.15, -0.1) is 0 Å². The van der Waals surface area contributed by atoms with Gasteiger partial charge >= 0.3 is 15.2 Å². The van der Waals surface area contributed by atoms with Crippen molar-refractivity contribution in [3.05, 3.63) is 11.9 Å². The van der Waals surface area contributed by atoms with Crippen molar-refractivity contribution in [2.45, 2.75) is 130 Å². The van der Waals surface area contributed by atoms with E-state index in [2.05, 4.69) is 4.52 Å². The maximum atomic E-state index is 11.2. The number of rotatable bonds is 23. The van der Waals surface area contributed by atoms with Crippen LogP contribution < -0.4 is 0 Å². The fourth-order valence-electron chi connectivity index (χ4n) is 3.67. The third-order valence-electron chi connectivity index (χ3n) is 8.02. The van der Waals surface area contributed by atoms with E-state index in [-0.39, 0.29) is 14.9 Å². The summed E-state index contributed by atoms with van der Waals surface area (Å²) in [6.07, 6.45) is 6.85. The second-order valence-electron chi connectivity index (χ2n) is 16.3. The van der Waals surface area contributed by atoms with Gasteiger partial charge in [-0.1, -0.05) is 55.5 Å². The Balaban J connectivity index is -0.0000000792. The van der Waals surface area contributed by atoms with Gasteiger partial charge in [0.25, 0.3) is 0 Å². The number of hydrogen-bond acceptors (Lipinski definition) is 20. The van der Waals surface area contributed by atoms with Crippen LogP contribution in [0.1, 0.15) is 125 Å². The van der Waals surface area contributed by atoms with E-state index >= 15 is 0 Å². The van der Waals surface area contributed by atoms with E-state index in [1.807, 2.05) is 69.2 Å². The Morgan fingerprint density at radius 3 is 1.05 bits per heavy atom. The minimum atomic E-state index is -2.71. The van der Waals surface area contributed by atoms with Crippen LogP contribution in [0, 0.1) is 0 Å². The second kappa shape index (κ2) is 55.9. The fraction of sp³-hybridized carbons (Fsp3) is 0.957. The molecule has 1 saturated heterocycles. The highest BCUT2D eigenvalue weighted by molar-refractivity contribution is 7.62. The summed E-state index contributed by atoms with van der Waals surface area (Å²) >= 11 is 0. The van der Waals surface area contributed by atoms with Crippen molar-refractivity contribution in [3.8, 4) is 0 Å². The lowest BCUT2D eigenvalue weighted by atomic mass is 10.5. The Labute approximate surface area is 462 Å². The Morgan fingerprint density at radius 2 is 0.880 bits per heavy atom. The minimum absolute atomic E-state index is 0. The SMILES string of the molecule is C.C.C/C=C/P(C)(=O)OCC.CCCP(C)(=O)OCC.CCOP(C)(=O)C(C)O.CCOP(C)(=O)CC.CCOP(C)(=O)OCC.CCOP(C)(C)=O.CCP(C)(=O)OC.CCP(C)(C)=O.CCP1(=O)OCCCO1. The zero-order valence-corrected chi connectivity index (χ0v) is 58.3. The molecule has 0 saturated carbocycles. The van der Waals surface area contributed by atoms with Gasteiger partial charge in [-0.3, -0.25) is 36.5 Å². The molecule has 1 aliphatic heterocycles. The Kier molecular flexibility index (Phi) is 73.4. The molecule has 0 amide bonds. The monoisotopic (exact) mass is 1270 g/mol. The van der Waals surface area contributed by atoms with Gasteiger partial charge in [-0.2, -0.15) is 0 Å². The topological polar surface area (TPSA) is 266 Å². The first-order valence-corrected chi connectivity index (χ1v) is 44.9. The van der Waals surface area contributed by atoms with E-state index in [9.17, 15) is 41.1 Å². The minimum Gasteiger partial charge on any atom is -0.383 e. The molecule has 0 aromatic carbocycles. The molecule has 0 aliphatic carbocycles. The lowest BCUT2D eigenvalue weighted by Crippen LogP contribution is -2.08. The first kappa shape index (κ1) is 98.5. The van der Waals surface area contributed by atoms with E-state index in [0.29, 0.717) is 84.1 Å². The van der Waals surface area contributed by atoms with Gasteiger partial charge in [-0.05, 0) is 100 Å². The normalized spacial score (nSPS) is 17.0. The molecule has 20 nitrogen and oxygen atoms in total. The summed E-state index contributed by atoms with van der Waals surface area (Å²) < 4.78 is 147. The van der Waals surface area contributed by atoms with Crippen LogP contribution in [0.15, 0.2) is 11.9 Å². The lowest BCUT2D eigenvalue weighted by Gasteiger charge is -2.21. The summed E-state index contributed by atoms with van der Waals surface area (Å²) in [4.78, 5) is 0. The molecule has 75 heavy (non-hydrogen) atoms. The molecule has 6 unspecified atom stereocenters. The molecule has 1 fully saturated rings. The van der Waals surface area contributed by atoms with E-state index in [4.69, 9.17) is 45.8 Å². The zero-order chi connectivity index (χ0) is 59.9. The third-order valence-corrected chi connectivity index (χ3v) is 23.5. The average molecular weight is 1270 g/mol. The fourth-order valence-corrected chi connectivity index (χ4v) is 10.9. The summed E-state index contributed by atoms with van der Waals surface area (Å²) in [5.74, 6) is 0.758. The highest BCUT2D eigenvalue weighted by Gasteiger charge is 2.24. The Bertz CT molecular complexity index is 1680. The molecular weight excluding hydrogens is 1150 g/mol. The van der Waals surface area contributed by atoms with Crippen molar-refractivity contribution in [1.29, 1.82) is 0 Å². The first-order valence-electron chi connectivity index (χ1n) is 24.8. The van der Waals surface area contributed by atoms with Crippen LogP contribution in [0.4, 0.5) is 0 Å². The summed E-state index contributed by atoms with van der Waals surface area (Å²) in [5.41, 5.74) is 0. The van der Waals surface area contributed by atoms with Crippen molar-refractivity contribution in [2.75, 3.05) is 164 Å². The highest BCUT2D eigenvalue weighted by Crippen LogP contribution is 2.50. The van der Waals surface area contributed by atoms with Crippen molar-refractivity contribution < 1.29 is 91.4 Å². The van der Waals surface area contributed by atoms with Gasteiger partial charge in [0.15, 0.2) is 29.5 Å². The molecule has 29 heteroatoms. The summed E-state index contributed by atoms with van der Waals surface area (Å²) in [7, 11) is -19.2. The van der Waals surface area contributed by atoms with Crippen LogP contribution in [-0.4, -0.2) is 175 Å². The van der Waals surface area contributed by atoms with Gasteiger partial charge < -0.3 is 54.9 Å². The van der Waals surface area contributed by atoms with Crippen LogP contribution in [0.25, 0.3) is 0 Å². The number of aliphatic hydroxyl groups excluding tert-OH is 1. The number of hydrogen-bond donors (Lipinski definition) is 1. The van der Waals surface area contributed by atoms with Crippen LogP contribution in [-0.2, 0) is 86.3 Å². The van der Waals surface area contributed by atoms with Gasteiger partial charge in [0, 0.05) is 85.1 Å². The molecule has 6 atom stereocenters. The molecule has 0 spiro atoms. The predicted molar refractivity (Wildman–Crippen MR) is 330 cm³/mol. The highest BCUT2D eigenvalue weighted by atomic mass is 31.2. The van der Waals surface area contributed by atoms with Crippen molar-refractivity contribution >= 4 is 66.5 Å². The summed E-state index contributed by atoms with van der Waals surface area (Å²) in [6, 6.07) is 0. The largest absolute Gasteiger partial charge is 0.383 e. The molecule has 1 aliphatic rings. The third kappa shape index (κ3) is 86.8. The molecule has 0 aromatic heterocycles. The lowest BCUT2D eigenvalue weighted by molar-refractivity contribution is 0.147. The Hall–Kier alpha value is 1.37. The van der Waals surface area contributed by atoms with Crippen molar-refractivity contribution in [1.82, 2.24) is 0 Å². The summed E-state index contributed by atoms with van der Waals surface area (Å²) in [6.45, 7) is 46.4. The van der Waals surface area contributed by atoms with E-state index in [1.165, 1.54) is 27.4 Å². The van der Waals surface area contributed by atoms with Gasteiger partial charge in [0.05, 0.1) is 66.6 Å². The van der Waals surface area contributed by atoms with E-state index < -0.39 is 72.4 Å². The van der Waals surface area contributed by atoms with Gasteiger partial charge in [0.1, 0.15) is 5.85 Å². The second-order valence-corrected chi connectivity index (χ2v) is 41.1. The zero-order valence-electron chi connectivity index (χ0n) is 50.3. The number of allylic oxidation sites excluding steroid dienone is 1. The van der Waals surface area contributed by atoms with Crippen LogP contribution in [0.2, 0.25) is 0 Å². The molecule has 1 N–H and O–H groups in total. The molecule has 468 valence electrons. The molecule has 0 aromatic rings. The average Bonchev–Trinajstić information content (AvgIpc) is 3.25. The predicted octanol–water partition coefficient (Wildman–Crippen LogP) is 17.6. The summed E-state index contributed by atoms with van der Waals surface area (Å²) in [5, 5.41) is 8.82.